The van der Waals surface area contributed by atoms with Crippen LogP contribution in [0.15, 0.2) is 60.7 Å². The Morgan fingerprint density at radius 2 is 1.70 bits per heavy atom. The maximum atomic E-state index is 3.65. The molecule has 1 aliphatic carbocycles. The molecular formula is C22H27N. The van der Waals surface area contributed by atoms with Crippen molar-refractivity contribution in [1.82, 2.24) is 5.32 Å². The minimum absolute atomic E-state index is 0.677. The first-order valence-corrected chi connectivity index (χ1v) is 8.76. The van der Waals surface area contributed by atoms with Crippen molar-refractivity contribution in [2.24, 2.45) is 11.8 Å². The fraction of sp³-hybridized carbons (Fsp3) is 0.364. The summed E-state index contributed by atoms with van der Waals surface area (Å²) in [5.74, 6) is 1.36. The molecule has 0 amide bonds. The van der Waals surface area contributed by atoms with Crippen LogP contribution in [0, 0.1) is 11.8 Å². The lowest BCUT2D eigenvalue weighted by Gasteiger charge is -2.22. The topological polar surface area (TPSA) is 12.0 Å². The largest absolute Gasteiger partial charge is 0.312 e. The van der Waals surface area contributed by atoms with Crippen LogP contribution in [0.3, 0.4) is 0 Å². The van der Waals surface area contributed by atoms with Gasteiger partial charge in [-0.05, 0) is 53.5 Å². The van der Waals surface area contributed by atoms with Crippen molar-refractivity contribution >= 4 is 5.57 Å². The van der Waals surface area contributed by atoms with E-state index in [0.717, 1.165) is 19.5 Å². The molecule has 1 N–H and O–H groups in total. The Bertz CT molecular complexity index is 655. The third kappa shape index (κ3) is 4.11. The normalized spacial score (nSPS) is 14.7. The van der Waals surface area contributed by atoms with Crippen LogP contribution in [0.5, 0.6) is 0 Å². The molecule has 0 heterocycles. The lowest BCUT2D eigenvalue weighted by atomic mass is 9.87. The Morgan fingerprint density at radius 3 is 2.48 bits per heavy atom. The minimum Gasteiger partial charge on any atom is -0.312 e. The van der Waals surface area contributed by atoms with Crippen LogP contribution in [0.2, 0.25) is 0 Å². The second-order valence-corrected chi connectivity index (χ2v) is 6.92. The first-order chi connectivity index (χ1) is 11.2. The lowest BCUT2D eigenvalue weighted by Crippen LogP contribution is -2.26. The van der Waals surface area contributed by atoms with E-state index in [1.54, 1.807) is 5.57 Å². The molecule has 0 radical (unpaired) electrons. The zero-order valence-corrected chi connectivity index (χ0v) is 14.3. The van der Waals surface area contributed by atoms with E-state index in [1.807, 2.05) is 0 Å². The molecule has 1 aliphatic rings. The Kier molecular flexibility index (Phi) is 5.30. The fourth-order valence-corrected chi connectivity index (χ4v) is 3.37. The molecule has 1 unspecified atom stereocenters. The molecule has 2 aromatic carbocycles. The second-order valence-electron chi connectivity index (χ2n) is 6.92. The van der Waals surface area contributed by atoms with Gasteiger partial charge in [0.05, 0.1) is 0 Å². The second kappa shape index (κ2) is 7.61. The number of hydrogen-bond donors (Lipinski definition) is 1. The van der Waals surface area contributed by atoms with Crippen molar-refractivity contribution in [2.45, 2.75) is 33.2 Å². The van der Waals surface area contributed by atoms with Gasteiger partial charge in [-0.3, -0.25) is 0 Å². The van der Waals surface area contributed by atoms with Crippen molar-refractivity contribution < 1.29 is 0 Å². The van der Waals surface area contributed by atoms with E-state index < -0.39 is 0 Å². The summed E-state index contributed by atoms with van der Waals surface area (Å²) in [7, 11) is 0. The van der Waals surface area contributed by atoms with Gasteiger partial charge in [0.15, 0.2) is 0 Å². The van der Waals surface area contributed by atoms with Gasteiger partial charge in [0.25, 0.3) is 0 Å². The van der Waals surface area contributed by atoms with Gasteiger partial charge in [-0.2, -0.15) is 0 Å². The average Bonchev–Trinajstić information content (AvgIpc) is 2.98. The molecule has 0 saturated carbocycles. The zero-order chi connectivity index (χ0) is 16.1. The molecule has 1 heteroatoms. The highest BCUT2D eigenvalue weighted by molar-refractivity contribution is 5.73. The molecule has 23 heavy (non-hydrogen) atoms. The SMILES string of the molecule is CC(C)C(CNCc1ccccc1)CC1=CCc2ccccc21. The first kappa shape index (κ1) is 16.0. The smallest absolute Gasteiger partial charge is 0.0205 e. The van der Waals surface area contributed by atoms with Gasteiger partial charge in [-0.25, -0.2) is 0 Å². The summed E-state index contributed by atoms with van der Waals surface area (Å²) >= 11 is 0. The highest BCUT2D eigenvalue weighted by Gasteiger charge is 2.20. The summed E-state index contributed by atoms with van der Waals surface area (Å²) in [6.07, 6.45) is 4.71. The summed E-state index contributed by atoms with van der Waals surface area (Å²) < 4.78 is 0. The molecule has 0 spiro atoms. The average molecular weight is 305 g/mol. The van der Waals surface area contributed by atoms with Crippen LogP contribution in [0.25, 0.3) is 5.57 Å². The van der Waals surface area contributed by atoms with Crippen molar-refractivity contribution in [3.05, 3.63) is 77.4 Å². The monoisotopic (exact) mass is 305 g/mol. The lowest BCUT2D eigenvalue weighted by molar-refractivity contribution is 0.369. The molecule has 0 aromatic heterocycles. The number of rotatable bonds is 7. The van der Waals surface area contributed by atoms with E-state index in [-0.39, 0.29) is 0 Å². The number of fused-ring (bicyclic) bond motifs is 1. The third-order valence-corrected chi connectivity index (χ3v) is 4.94. The van der Waals surface area contributed by atoms with Gasteiger partial charge < -0.3 is 5.32 Å². The summed E-state index contributed by atoms with van der Waals surface area (Å²) in [6.45, 7) is 6.72. The van der Waals surface area contributed by atoms with Gasteiger partial charge in [-0.15, -0.1) is 0 Å². The fourth-order valence-electron chi connectivity index (χ4n) is 3.37. The third-order valence-electron chi connectivity index (χ3n) is 4.94. The molecule has 1 nitrogen and oxygen atoms in total. The van der Waals surface area contributed by atoms with Gasteiger partial charge in [0, 0.05) is 6.54 Å². The molecule has 2 aromatic rings. The summed E-state index contributed by atoms with van der Waals surface area (Å²) in [5, 5.41) is 3.65. The molecular weight excluding hydrogens is 278 g/mol. The van der Waals surface area contributed by atoms with Crippen LogP contribution >= 0.6 is 0 Å². The van der Waals surface area contributed by atoms with Crippen LogP contribution in [0.1, 0.15) is 37.0 Å². The quantitative estimate of drug-likeness (QED) is 0.752. The number of benzene rings is 2. The zero-order valence-electron chi connectivity index (χ0n) is 14.3. The molecule has 0 saturated heterocycles. The van der Waals surface area contributed by atoms with E-state index in [0.29, 0.717) is 11.8 Å². The number of hydrogen-bond acceptors (Lipinski definition) is 1. The van der Waals surface area contributed by atoms with Crippen molar-refractivity contribution in [3.63, 3.8) is 0 Å². The van der Waals surface area contributed by atoms with Gasteiger partial charge in [-0.1, -0.05) is 74.5 Å². The predicted molar refractivity (Wildman–Crippen MR) is 99.2 cm³/mol. The molecule has 0 fully saturated rings. The Morgan fingerprint density at radius 1 is 0.957 bits per heavy atom. The minimum atomic E-state index is 0.677. The predicted octanol–water partition coefficient (Wildman–Crippen LogP) is 5.08. The van der Waals surface area contributed by atoms with Crippen molar-refractivity contribution in [2.75, 3.05) is 6.54 Å². The highest BCUT2D eigenvalue weighted by Crippen LogP contribution is 2.33. The van der Waals surface area contributed by atoms with E-state index >= 15 is 0 Å². The first-order valence-electron chi connectivity index (χ1n) is 8.76. The summed E-state index contributed by atoms with van der Waals surface area (Å²) in [5.41, 5.74) is 5.87. The van der Waals surface area contributed by atoms with Crippen LogP contribution in [-0.4, -0.2) is 6.54 Å². The van der Waals surface area contributed by atoms with E-state index in [2.05, 4.69) is 79.8 Å². The van der Waals surface area contributed by atoms with Crippen molar-refractivity contribution in [3.8, 4) is 0 Å². The van der Waals surface area contributed by atoms with Crippen LogP contribution in [-0.2, 0) is 13.0 Å². The van der Waals surface area contributed by atoms with Gasteiger partial charge >= 0.3 is 0 Å². The molecule has 1 atom stereocenters. The number of allylic oxidation sites excluding steroid dienone is 2. The van der Waals surface area contributed by atoms with Crippen LogP contribution < -0.4 is 5.32 Å². The van der Waals surface area contributed by atoms with E-state index in [9.17, 15) is 0 Å². The van der Waals surface area contributed by atoms with Crippen LogP contribution in [0.4, 0.5) is 0 Å². The highest BCUT2D eigenvalue weighted by atomic mass is 14.9. The number of nitrogens with one attached hydrogen (secondary N) is 1. The summed E-state index contributed by atoms with van der Waals surface area (Å²) in [6, 6.07) is 19.5. The molecule has 0 bridgehead atoms. The standard InChI is InChI=1S/C22H27N/c1-17(2)21(16-23-15-18-8-4-3-5-9-18)14-20-13-12-19-10-6-7-11-22(19)20/h3-11,13,17,21,23H,12,14-16H2,1-2H3. The summed E-state index contributed by atoms with van der Waals surface area (Å²) in [4.78, 5) is 0. The maximum absolute atomic E-state index is 3.65. The van der Waals surface area contributed by atoms with Gasteiger partial charge in [0.1, 0.15) is 0 Å². The van der Waals surface area contributed by atoms with E-state index in [1.165, 1.54) is 23.1 Å². The van der Waals surface area contributed by atoms with E-state index in [4.69, 9.17) is 0 Å². The molecule has 0 aliphatic heterocycles. The Hall–Kier alpha value is -1.86. The van der Waals surface area contributed by atoms with Crippen molar-refractivity contribution in [1.29, 1.82) is 0 Å². The molecule has 3 rings (SSSR count). The van der Waals surface area contributed by atoms with Gasteiger partial charge in [0.2, 0.25) is 0 Å². The Labute approximate surface area is 140 Å². The molecule has 120 valence electrons. The maximum Gasteiger partial charge on any atom is 0.0205 e. The Balaban J connectivity index is 1.58.